The maximum absolute atomic E-state index is 13.2. The molecule has 0 aromatic heterocycles. The minimum absolute atomic E-state index is 0.122. The van der Waals surface area contributed by atoms with Crippen molar-refractivity contribution in [3.8, 4) is 0 Å². The van der Waals surface area contributed by atoms with Crippen molar-refractivity contribution in [3.63, 3.8) is 0 Å². The van der Waals surface area contributed by atoms with Crippen LogP contribution in [0.4, 0.5) is 8.78 Å². The molecule has 10 heteroatoms. The summed E-state index contributed by atoms with van der Waals surface area (Å²) in [5, 5.41) is -5.02. The molecule has 1 aliphatic carbocycles. The molecule has 0 aliphatic heterocycles. The minimum atomic E-state index is -5.90. The van der Waals surface area contributed by atoms with Gasteiger partial charge in [0.05, 0.1) is 5.56 Å². The normalized spacial score (nSPS) is 20.5. The molecule has 1 aliphatic rings. The number of hydrogen-bond acceptors (Lipinski definition) is 6. The first kappa shape index (κ1) is 22.2. The molecule has 1 fully saturated rings. The maximum atomic E-state index is 13.2. The lowest BCUT2D eigenvalue weighted by atomic mass is 9.94. The predicted molar refractivity (Wildman–Crippen MR) is 94.7 cm³/mol. The number of ether oxygens (including phenoxy) is 2. The Morgan fingerprint density at radius 1 is 1.04 bits per heavy atom. The summed E-state index contributed by atoms with van der Waals surface area (Å²) in [7, 11) is -5.90. The van der Waals surface area contributed by atoms with E-state index in [-0.39, 0.29) is 25.7 Å². The lowest BCUT2D eigenvalue weighted by molar-refractivity contribution is -0.169. The van der Waals surface area contributed by atoms with E-state index in [4.69, 9.17) is 9.29 Å². The van der Waals surface area contributed by atoms with Gasteiger partial charge in [0, 0.05) is 0 Å². The second kappa shape index (κ2) is 8.12. The lowest BCUT2D eigenvalue weighted by Gasteiger charge is -2.29. The zero-order valence-corrected chi connectivity index (χ0v) is 16.5. The van der Waals surface area contributed by atoms with Gasteiger partial charge in [-0.3, -0.25) is 4.55 Å². The molecule has 28 heavy (non-hydrogen) atoms. The van der Waals surface area contributed by atoms with Crippen LogP contribution in [0, 0.1) is 20.8 Å². The fourth-order valence-electron chi connectivity index (χ4n) is 3.06. The van der Waals surface area contributed by atoms with Crippen LogP contribution >= 0.6 is 0 Å². The van der Waals surface area contributed by atoms with Crippen molar-refractivity contribution < 1.29 is 40.8 Å². The standard InChI is InChI=1S/C18H22F2O7S/c1-10-8-11(2)12(3)15(9-10)16(21)26-13-4-6-14(7-5-13)27-17(22)18(19,20)28(23,24)25/h8-9,13-14H,4-7H2,1-3H3,(H,23,24,25). The monoisotopic (exact) mass is 420 g/mol. The molecule has 0 unspecified atom stereocenters. The van der Waals surface area contributed by atoms with Crippen LogP contribution in [0.2, 0.25) is 0 Å². The molecule has 0 saturated heterocycles. The number of carbonyl (C=O) groups excluding carboxylic acids is 2. The van der Waals surface area contributed by atoms with Crippen LogP contribution in [-0.2, 0) is 24.4 Å². The molecule has 0 radical (unpaired) electrons. The summed E-state index contributed by atoms with van der Waals surface area (Å²) in [5.74, 6) is -2.80. The lowest BCUT2D eigenvalue weighted by Crippen LogP contribution is -2.41. The maximum Gasteiger partial charge on any atom is 0.465 e. The van der Waals surface area contributed by atoms with Gasteiger partial charge in [0.25, 0.3) is 0 Å². The summed E-state index contributed by atoms with van der Waals surface area (Å²) in [6.45, 7) is 5.57. The summed E-state index contributed by atoms with van der Waals surface area (Å²) in [4.78, 5) is 23.8. The third-order valence-electron chi connectivity index (χ3n) is 4.76. The third-order valence-corrected chi connectivity index (χ3v) is 5.58. The topological polar surface area (TPSA) is 107 Å². The van der Waals surface area contributed by atoms with E-state index in [1.165, 1.54) is 0 Å². The highest BCUT2D eigenvalue weighted by Gasteiger charge is 2.54. The summed E-state index contributed by atoms with van der Waals surface area (Å²) in [6, 6.07) is 3.68. The first-order valence-corrected chi connectivity index (χ1v) is 10.1. The zero-order chi connectivity index (χ0) is 21.3. The van der Waals surface area contributed by atoms with E-state index < -0.39 is 39.5 Å². The molecule has 0 amide bonds. The van der Waals surface area contributed by atoms with Crippen molar-refractivity contribution in [1.82, 2.24) is 0 Å². The van der Waals surface area contributed by atoms with Crippen LogP contribution in [-0.4, -0.2) is 42.4 Å². The average Bonchev–Trinajstić information content (AvgIpc) is 2.58. The molecular weight excluding hydrogens is 398 g/mol. The van der Waals surface area contributed by atoms with Gasteiger partial charge in [0.2, 0.25) is 0 Å². The van der Waals surface area contributed by atoms with Crippen LogP contribution in [0.5, 0.6) is 0 Å². The number of halogens is 2. The Bertz CT molecular complexity index is 872. The number of benzene rings is 1. The number of rotatable bonds is 5. The average molecular weight is 420 g/mol. The Morgan fingerprint density at radius 3 is 2.04 bits per heavy atom. The van der Waals surface area contributed by atoms with E-state index in [0.717, 1.165) is 16.7 Å². The number of carbonyl (C=O) groups is 2. The molecule has 1 N–H and O–H groups in total. The van der Waals surface area contributed by atoms with Gasteiger partial charge in [0.1, 0.15) is 12.2 Å². The van der Waals surface area contributed by atoms with E-state index in [2.05, 4.69) is 4.74 Å². The van der Waals surface area contributed by atoms with Gasteiger partial charge in [0.15, 0.2) is 0 Å². The highest BCUT2D eigenvalue weighted by Crippen LogP contribution is 2.29. The number of alkyl halides is 2. The molecule has 1 aromatic carbocycles. The molecule has 0 bridgehead atoms. The van der Waals surface area contributed by atoms with Gasteiger partial charge < -0.3 is 9.47 Å². The van der Waals surface area contributed by atoms with Gasteiger partial charge in [-0.2, -0.15) is 17.2 Å². The van der Waals surface area contributed by atoms with Crippen molar-refractivity contribution in [2.45, 2.75) is 63.9 Å². The Hall–Kier alpha value is -2.07. The second-order valence-corrected chi connectivity index (χ2v) is 8.42. The van der Waals surface area contributed by atoms with Crippen molar-refractivity contribution in [3.05, 3.63) is 34.4 Å². The van der Waals surface area contributed by atoms with Crippen molar-refractivity contribution in [1.29, 1.82) is 0 Å². The number of aryl methyl sites for hydroxylation is 2. The van der Waals surface area contributed by atoms with E-state index >= 15 is 0 Å². The summed E-state index contributed by atoms with van der Waals surface area (Å²) < 4.78 is 66.0. The molecule has 2 rings (SSSR count). The van der Waals surface area contributed by atoms with E-state index in [0.29, 0.717) is 5.56 Å². The third kappa shape index (κ3) is 4.85. The Labute approximate surface area is 161 Å². The van der Waals surface area contributed by atoms with Crippen molar-refractivity contribution >= 4 is 22.1 Å². The van der Waals surface area contributed by atoms with Crippen LogP contribution in [0.3, 0.4) is 0 Å². The Morgan fingerprint density at radius 2 is 1.54 bits per heavy atom. The SMILES string of the molecule is Cc1cc(C)c(C)c(C(=O)OC2CCC(OC(=O)C(F)(F)S(=O)(=O)O)CC2)c1. The van der Waals surface area contributed by atoms with E-state index in [1.807, 2.05) is 26.8 Å². The highest BCUT2D eigenvalue weighted by atomic mass is 32.2. The molecule has 0 spiro atoms. The number of esters is 2. The quantitative estimate of drug-likeness (QED) is 0.576. The van der Waals surface area contributed by atoms with Crippen LogP contribution < -0.4 is 0 Å². The van der Waals surface area contributed by atoms with Crippen LogP contribution in [0.25, 0.3) is 0 Å². The molecule has 7 nitrogen and oxygen atoms in total. The summed E-state index contributed by atoms with van der Waals surface area (Å²) in [6.07, 6.45) is -0.632. The Balaban J connectivity index is 1.93. The Kier molecular flexibility index (Phi) is 6.44. The molecule has 0 heterocycles. The first-order valence-electron chi connectivity index (χ1n) is 8.67. The largest absolute Gasteiger partial charge is 0.465 e. The van der Waals surface area contributed by atoms with E-state index in [9.17, 15) is 26.8 Å². The van der Waals surface area contributed by atoms with Crippen LogP contribution in [0.15, 0.2) is 12.1 Å². The van der Waals surface area contributed by atoms with Gasteiger partial charge in [-0.1, -0.05) is 6.07 Å². The van der Waals surface area contributed by atoms with Crippen molar-refractivity contribution in [2.24, 2.45) is 0 Å². The van der Waals surface area contributed by atoms with E-state index in [1.54, 1.807) is 6.07 Å². The molecule has 156 valence electrons. The van der Waals surface area contributed by atoms with Crippen LogP contribution in [0.1, 0.15) is 52.7 Å². The fourth-order valence-corrected chi connectivity index (χ4v) is 3.32. The smallest absolute Gasteiger partial charge is 0.459 e. The molecular formula is C18H22F2O7S. The number of hydrogen-bond donors (Lipinski definition) is 1. The first-order chi connectivity index (χ1) is 12.8. The highest BCUT2D eigenvalue weighted by molar-refractivity contribution is 7.87. The molecule has 1 aromatic rings. The van der Waals surface area contributed by atoms with Gasteiger partial charge >= 0.3 is 27.3 Å². The summed E-state index contributed by atoms with van der Waals surface area (Å²) >= 11 is 0. The van der Waals surface area contributed by atoms with Gasteiger partial charge in [-0.15, -0.1) is 0 Å². The predicted octanol–water partition coefficient (Wildman–Crippen LogP) is 3.10. The second-order valence-electron chi connectivity index (χ2n) is 6.96. The van der Waals surface area contributed by atoms with Gasteiger partial charge in [-0.05, 0) is 69.2 Å². The summed E-state index contributed by atoms with van der Waals surface area (Å²) in [5.41, 5.74) is 3.15. The zero-order valence-electron chi connectivity index (χ0n) is 15.7. The van der Waals surface area contributed by atoms with Crippen molar-refractivity contribution in [2.75, 3.05) is 0 Å². The molecule has 1 saturated carbocycles. The minimum Gasteiger partial charge on any atom is -0.459 e. The molecule has 0 atom stereocenters. The fraction of sp³-hybridized carbons (Fsp3) is 0.556. The van der Waals surface area contributed by atoms with Gasteiger partial charge in [-0.25, -0.2) is 9.59 Å².